The maximum Gasteiger partial charge on any atom is 0.245 e. The van der Waals surface area contributed by atoms with Gasteiger partial charge in [-0.1, -0.05) is 22.9 Å². The van der Waals surface area contributed by atoms with Crippen molar-refractivity contribution in [2.24, 2.45) is 0 Å². The molecule has 1 aromatic heterocycles. The van der Waals surface area contributed by atoms with E-state index >= 15 is 0 Å². The number of fused-ring (bicyclic) bond motifs is 1. The van der Waals surface area contributed by atoms with Crippen LogP contribution >= 0.6 is 0 Å². The minimum absolute atomic E-state index is 0.126. The lowest BCUT2D eigenvalue weighted by molar-refractivity contribution is -0.746. The van der Waals surface area contributed by atoms with Crippen LogP contribution in [0.1, 0.15) is 18.7 Å². The van der Waals surface area contributed by atoms with Crippen molar-refractivity contribution in [2.45, 2.75) is 25.8 Å². The largest absolute Gasteiger partial charge is 0.818 e. The van der Waals surface area contributed by atoms with Crippen LogP contribution in [-0.4, -0.2) is 9.78 Å². The number of hydrogen-bond donors (Lipinski definition) is 0. The highest BCUT2D eigenvalue weighted by Crippen LogP contribution is 2.15. The molecule has 2 heterocycles. The summed E-state index contributed by atoms with van der Waals surface area (Å²) in [6.45, 7) is 0.807. The third kappa shape index (κ3) is 1.38. The molecule has 0 bridgehead atoms. The summed E-state index contributed by atoms with van der Waals surface area (Å²) in [6.07, 6.45) is 3.15. The van der Waals surface area contributed by atoms with Crippen LogP contribution in [0.3, 0.4) is 0 Å². The molecule has 4 heteroatoms. The van der Waals surface area contributed by atoms with Gasteiger partial charge < -0.3 is 5.11 Å². The van der Waals surface area contributed by atoms with Gasteiger partial charge in [-0.05, 0) is 25.0 Å². The van der Waals surface area contributed by atoms with Crippen molar-refractivity contribution in [3.63, 3.8) is 0 Å². The predicted octanol–water partition coefficient (Wildman–Crippen LogP) is 0.570. The predicted molar refractivity (Wildman–Crippen MR) is 56.1 cm³/mol. The van der Waals surface area contributed by atoms with Gasteiger partial charge >= 0.3 is 0 Å². The minimum Gasteiger partial charge on any atom is -0.818 e. The second kappa shape index (κ2) is 3.63. The summed E-state index contributed by atoms with van der Waals surface area (Å²) in [6, 6.07) is 9.70. The van der Waals surface area contributed by atoms with E-state index in [1.165, 1.54) is 0 Å². The van der Waals surface area contributed by atoms with Crippen LogP contribution in [-0.2, 0) is 13.0 Å². The molecular weight excluding hydrogens is 202 g/mol. The summed E-state index contributed by atoms with van der Waals surface area (Å²) in [4.78, 5) is 0. The van der Waals surface area contributed by atoms with Crippen LogP contribution in [0.5, 0.6) is 6.01 Å². The highest BCUT2D eigenvalue weighted by molar-refractivity contribution is 5.30. The molecular formula is C12H13N3O. The van der Waals surface area contributed by atoms with Gasteiger partial charge in [-0.25, -0.2) is 4.57 Å². The van der Waals surface area contributed by atoms with Crippen molar-refractivity contribution in [3.8, 4) is 11.7 Å². The summed E-state index contributed by atoms with van der Waals surface area (Å²) >= 11 is 0. The quantitative estimate of drug-likeness (QED) is 0.653. The lowest BCUT2D eigenvalue weighted by Gasteiger charge is -2.11. The fourth-order valence-corrected chi connectivity index (χ4v) is 2.22. The van der Waals surface area contributed by atoms with Gasteiger partial charge in [0, 0.05) is 11.5 Å². The van der Waals surface area contributed by atoms with Crippen molar-refractivity contribution < 1.29 is 9.67 Å². The molecule has 0 saturated heterocycles. The van der Waals surface area contributed by atoms with Crippen LogP contribution < -0.4 is 9.67 Å². The Morgan fingerprint density at radius 1 is 1.19 bits per heavy atom. The smallest absolute Gasteiger partial charge is 0.245 e. The summed E-state index contributed by atoms with van der Waals surface area (Å²) in [5.41, 5.74) is 0.968. The van der Waals surface area contributed by atoms with Crippen molar-refractivity contribution >= 4 is 0 Å². The minimum atomic E-state index is -0.126. The van der Waals surface area contributed by atoms with Crippen LogP contribution in [0.2, 0.25) is 0 Å². The maximum absolute atomic E-state index is 11.7. The summed E-state index contributed by atoms with van der Waals surface area (Å²) < 4.78 is 3.57. The molecule has 0 saturated carbocycles. The zero-order valence-electron chi connectivity index (χ0n) is 8.97. The number of benzene rings is 1. The van der Waals surface area contributed by atoms with Crippen LogP contribution in [0.25, 0.3) is 5.69 Å². The standard InChI is InChI=1S/C12H13N3O/c16-12-13-15(10-6-2-1-3-7-10)11-8-4-5-9-14(11)12/h1-3,6-7H,4-5,8-9H2. The van der Waals surface area contributed by atoms with Crippen LogP contribution in [0, 0.1) is 0 Å². The molecule has 16 heavy (non-hydrogen) atoms. The number of aromatic nitrogens is 3. The van der Waals surface area contributed by atoms with E-state index in [4.69, 9.17) is 0 Å². The van der Waals surface area contributed by atoms with E-state index in [1.807, 2.05) is 30.3 Å². The number of nitrogens with zero attached hydrogens (tertiary/aromatic N) is 3. The van der Waals surface area contributed by atoms with Gasteiger partial charge in [-0.15, -0.1) is 0 Å². The zero-order valence-corrected chi connectivity index (χ0v) is 8.97. The van der Waals surface area contributed by atoms with Crippen LogP contribution in [0.15, 0.2) is 30.3 Å². The molecule has 0 radical (unpaired) electrons. The molecule has 1 aliphatic rings. The van der Waals surface area contributed by atoms with E-state index in [9.17, 15) is 5.11 Å². The molecule has 0 aliphatic carbocycles. The molecule has 0 N–H and O–H groups in total. The van der Waals surface area contributed by atoms with Crippen molar-refractivity contribution in [1.82, 2.24) is 9.78 Å². The van der Waals surface area contributed by atoms with Crippen LogP contribution in [0.4, 0.5) is 0 Å². The molecule has 0 amide bonds. The molecule has 0 unspecified atom stereocenters. The first kappa shape index (κ1) is 9.39. The van der Waals surface area contributed by atoms with Crippen molar-refractivity contribution in [1.29, 1.82) is 0 Å². The molecule has 4 nitrogen and oxygen atoms in total. The van der Waals surface area contributed by atoms with E-state index in [2.05, 4.69) is 5.10 Å². The Labute approximate surface area is 93.8 Å². The molecule has 1 aromatic carbocycles. The number of hydrogen-bond acceptors (Lipinski definition) is 2. The second-order valence-corrected chi connectivity index (χ2v) is 4.05. The average Bonchev–Trinajstić information content (AvgIpc) is 2.69. The van der Waals surface area contributed by atoms with Gasteiger partial charge in [-0.2, -0.15) is 0 Å². The zero-order chi connectivity index (χ0) is 11.0. The van der Waals surface area contributed by atoms with Gasteiger partial charge in [0.15, 0.2) is 0 Å². The van der Waals surface area contributed by atoms with E-state index in [1.54, 1.807) is 9.25 Å². The summed E-state index contributed by atoms with van der Waals surface area (Å²) in [5.74, 6) is 1.03. The number of rotatable bonds is 1. The molecule has 1 aliphatic heterocycles. The Morgan fingerprint density at radius 2 is 2.00 bits per heavy atom. The SMILES string of the molecule is [O-]c1nn(-c2ccccc2)c2[n+]1CCCC2. The first-order valence-corrected chi connectivity index (χ1v) is 5.60. The molecule has 3 rings (SSSR count). The van der Waals surface area contributed by atoms with Crippen molar-refractivity contribution in [3.05, 3.63) is 36.2 Å². The topological polar surface area (TPSA) is 44.8 Å². The maximum atomic E-state index is 11.7. The van der Waals surface area contributed by atoms with Gasteiger partial charge in [0.05, 0.1) is 6.54 Å². The average molecular weight is 215 g/mol. The van der Waals surface area contributed by atoms with Gasteiger partial charge in [0.2, 0.25) is 11.8 Å². The lowest BCUT2D eigenvalue weighted by atomic mass is 10.1. The highest BCUT2D eigenvalue weighted by atomic mass is 16.3. The monoisotopic (exact) mass is 215 g/mol. The third-order valence-corrected chi connectivity index (χ3v) is 3.01. The number of para-hydroxylation sites is 1. The third-order valence-electron chi connectivity index (χ3n) is 3.01. The second-order valence-electron chi connectivity index (χ2n) is 4.05. The van der Waals surface area contributed by atoms with E-state index < -0.39 is 0 Å². The molecule has 0 spiro atoms. The Hall–Kier alpha value is -1.84. The Bertz CT molecular complexity index is 504. The van der Waals surface area contributed by atoms with Crippen molar-refractivity contribution in [2.75, 3.05) is 0 Å². The molecule has 82 valence electrons. The molecule has 0 fully saturated rings. The summed E-state index contributed by atoms with van der Waals surface area (Å²) in [7, 11) is 0. The highest BCUT2D eigenvalue weighted by Gasteiger charge is 2.24. The summed E-state index contributed by atoms with van der Waals surface area (Å²) in [5, 5.41) is 15.8. The van der Waals surface area contributed by atoms with Gasteiger partial charge in [-0.3, -0.25) is 0 Å². The van der Waals surface area contributed by atoms with E-state index in [0.29, 0.717) is 0 Å². The molecule has 0 atom stereocenters. The Kier molecular flexibility index (Phi) is 2.13. The van der Waals surface area contributed by atoms with E-state index in [0.717, 1.165) is 37.3 Å². The van der Waals surface area contributed by atoms with Gasteiger partial charge in [0.1, 0.15) is 5.69 Å². The molecule has 2 aromatic rings. The van der Waals surface area contributed by atoms with Gasteiger partial charge in [0.25, 0.3) is 0 Å². The van der Waals surface area contributed by atoms with E-state index in [-0.39, 0.29) is 6.01 Å². The first-order valence-electron chi connectivity index (χ1n) is 5.60. The fraction of sp³-hybridized carbons (Fsp3) is 0.333. The Morgan fingerprint density at radius 3 is 2.81 bits per heavy atom. The fourth-order valence-electron chi connectivity index (χ4n) is 2.22. The Balaban J connectivity index is 2.15. The lowest BCUT2D eigenvalue weighted by Crippen LogP contribution is -2.42. The normalized spacial score (nSPS) is 14.8. The first-order chi connectivity index (χ1) is 7.86.